The summed E-state index contributed by atoms with van der Waals surface area (Å²) >= 11 is 0. The fourth-order valence-corrected chi connectivity index (χ4v) is 0.627. The molecule has 0 aromatic heterocycles. The van der Waals surface area contributed by atoms with E-state index in [2.05, 4.69) is 11.3 Å². The number of hydrogen-bond donors (Lipinski definition) is 0. The minimum atomic E-state index is -1.02. The van der Waals surface area contributed by atoms with Crippen LogP contribution in [-0.2, 0) is 19.1 Å². The van der Waals surface area contributed by atoms with Crippen LogP contribution in [0.2, 0.25) is 0 Å². The lowest BCUT2D eigenvalue weighted by atomic mass is 10.2. The van der Waals surface area contributed by atoms with Crippen LogP contribution >= 0.6 is 0 Å². The van der Waals surface area contributed by atoms with E-state index in [0.29, 0.717) is 0 Å². The van der Waals surface area contributed by atoms with Crippen molar-refractivity contribution in [2.45, 2.75) is 32.5 Å². The zero-order valence-electron chi connectivity index (χ0n) is 8.07. The fraction of sp³-hybridized carbons (Fsp3) is 0.556. The zero-order chi connectivity index (χ0) is 10.5. The number of carbonyl (C=O) groups is 2. The van der Waals surface area contributed by atoms with Crippen LogP contribution in [0.3, 0.4) is 0 Å². The Morgan fingerprint density at radius 1 is 1.46 bits per heavy atom. The first kappa shape index (κ1) is 11.7. The van der Waals surface area contributed by atoms with Gasteiger partial charge in [0.2, 0.25) is 6.10 Å². The van der Waals surface area contributed by atoms with Crippen molar-refractivity contribution >= 4 is 12.4 Å². The summed E-state index contributed by atoms with van der Waals surface area (Å²) < 4.78 is 9.37. The molecule has 1 unspecified atom stereocenters. The van der Waals surface area contributed by atoms with Crippen LogP contribution in [0.4, 0.5) is 0 Å². The second-order valence-corrected chi connectivity index (χ2v) is 3.42. The van der Waals surface area contributed by atoms with E-state index < -0.39 is 17.7 Å². The summed E-state index contributed by atoms with van der Waals surface area (Å²) in [7, 11) is 0. The molecular weight excluding hydrogens is 172 g/mol. The lowest BCUT2D eigenvalue weighted by Crippen LogP contribution is -2.32. The van der Waals surface area contributed by atoms with E-state index >= 15 is 0 Å². The number of esters is 1. The van der Waals surface area contributed by atoms with Crippen LogP contribution in [0.15, 0.2) is 12.7 Å². The molecule has 0 aliphatic carbocycles. The van der Waals surface area contributed by atoms with Gasteiger partial charge in [0.15, 0.2) is 0 Å². The Bertz CT molecular complexity index is 202. The van der Waals surface area contributed by atoms with E-state index in [0.717, 1.165) is 0 Å². The lowest BCUT2D eigenvalue weighted by molar-refractivity contribution is -0.167. The van der Waals surface area contributed by atoms with Gasteiger partial charge in [0.05, 0.1) is 0 Å². The highest BCUT2D eigenvalue weighted by Crippen LogP contribution is 2.09. The number of carbonyl (C=O) groups excluding carboxylic acids is 2. The van der Waals surface area contributed by atoms with Gasteiger partial charge in [0.25, 0.3) is 6.47 Å². The molecule has 0 aliphatic rings. The van der Waals surface area contributed by atoms with Crippen molar-refractivity contribution < 1.29 is 19.1 Å². The minimum Gasteiger partial charge on any atom is -0.457 e. The Labute approximate surface area is 77.5 Å². The maximum Gasteiger partial charge on any atom is 0.352 e. The summed E-state index contributed by atoms with van der Waals surface area (Å²) in [5.74, 6) is -0.616. The Kier molecular flexibility index (Phi) is 4.17. The zero-order valence-corrected chi connectivity index (χ0v) is 8.07. The highest BCUT2D eigenvalue weighted by atomic mass is 16.6. The van der Waals surface area contributed by atoms with E-state index in [1.54, 1.807) is 20.8 Å². The highest BCUT2D eigenvalue weighted by molar-refractivity contribution is 5.78. The van der Waals surface area contributed by atoms with Crippen molar-refractivity contribution in [1.29, 1.82) is 0 Å². The molecule has 0 radical (unpaired) electrons. The molecule has 0 saturated heterocycles. The van der Waals surface area contributed by atoms with E-state index in [4.69, 9.17) is 4.74 Å². The molecule has 4 heteroatoms. The van der Waals surface area contributed by atoms with Gasteiger partial charge in [-0.05, 0) is 26.8 Å². The van der Waals surface area contributed by atoms with Crippen LogP contribution in [0.25, 0.3) is 0 Å². The molecule has 4 nitrogen and oxygen atoms in total. The van der Waals surface area contributed by atoms with Gasteiger partial charge in [-0.15, -0.1) is 0 Å². The van der Waals surface area contributed by atoms with Crippen LogP contribution < -0.4 is 0 Å². The van der Waals surface area contributed by atoms with Gasteiger partial charge in [-0.1, -0.05) is 6.58 Å². The predicted octanol–water partition coefficient (Wildman–Crippen LogP) is 1.06. The number of ether oxygens (including phenoxy) is 2. The van der Waals surface area contributed by atoms with Crippen molar-refractivity contribution in [1.82, 2.24) is 0 Å². The average molecular weight is 186 g/mol. The minimum absolute atomic E-state index is 0.191. The van der Waals surface area contributed by atoms with Crippen LogP contribution in [0.1, 0.15) is 20.8 Å². The first-order valence-electron chi connectivity index (χ1n) is 3.85. The molecular formula is C9H14O4. The third-order valence-corrected chi connectivity index (χ3v) is 1.06. The summed E-state index contributed by atoms with van der Waals surface area (Å²) in [5, 5.41) is 0. The fourth-order valence-electron chi connectivity index (χ4n) is 0.627. The first-order chi connectivity index (χ1) is 5.90. The average Bonchev–Trinajstić information content (AvgIpc) is 1.96. The van der Waals surface area contributed by atoms with E-state index in [9.17, 15) is 9.59 Å². The summed E-state index contributed by atoms with van der Waals surface area (Å²) in [6.45, 7) is 8.72. The van der Waals surface area contributed by atoms with Gasteiger partial charge in [-0.3, -0.25) is 4.79 Å². The molecule has 0 bridgehead atoms. The van der Waals surface area contributed by atoms with Gasteiger partial charge in [-0.2, -0.15) is 0 Å². The van der Waals surface area contributed by atoms with E-state index in [1.165, 1.54) is 6.08 Å². The van der Waals surface area contributed by atoms with Crippen molar-refractivity contribution in [3.8, 4) is 0 Å². The predicted molar refractivity (Wildman–Crippen MR) is 47.0 cm³/mol. The Morgan fingerprint density at radius 3 is 2.31 bits per heavy atom. The largest absolute Gasteiger partial charge is 0.457 e. The van der Waals surface area contributed by atoms with Gasteiger partial charge in [-0.25, -0.2) is 4.79 Å². The summed E-state index contributed by atoms with van der Waals surface area (Å²) in [4.78, 5) is 21.2. The van der Waals surface area contributed by atoms with Crippen LogP contribution in [0, 0.1) is 0 Å². The molecule has 13 heavy (non-hydrogen) atoms. The molecule has 1 atom stereocenters. The van der Waals surface area contributed by atoms with Gasteiger partial charge in [0.1, 0.15) is 5.60 Å². The molecule has 0 saturated carbocycles. The molecule has 0 aromatic rings. The molecule has 0 fully saturated rings. The molecule has 0 spiro atoms. The maximum atomic E-state index is 11.2. The maximum absolute atomic E-state index is 11.2. The number of hydrogen-bond acceptors (Lipinski definition) is 4. The monoisotopic (exact) mass is 186 g/mol. The van der Waals surface area contributed by atoms with Crippen LogP contribution in [-0.4, -0.2) is 24.1 Å². The summed E-state index contributed by atoms with van der Waals surface area (Å²) in [5.41, 5.74) is -0.593. The highest BCUT2D eigenvalue weighted by Gasteiger charge is 2.23. The quantitative estimate of drug-likeness (QED) is 0.374. The standard InChI is InChI=1S/C9H14O4/c1-5-7(12-6-10)8(11)13-9(2,3)4/h5-7H,1H2,2-4H3. The molecule has 74 valence electrons. The Balaban J connectivity index is 4.22. The molecule has 0 amide bonds. The van der Waals surface area contributed by atoms with Crippen LogP contribution in [0.5, 0.6) is 0 Å². The normalized spacial score (nSPS) is 12.8. The third kappa shape index (κ3) is 5.00. The SMILES string of the molecule is C=CC(OC=O)C(=O)OC(C)(C)C. The van der Waals surface area contributed by atoms with Gasteiger partial charge < -0.3 is 9.47 Å². The molecule has 0 aliphatic heterocycles. The van der Waals surface area contributed by atoms with Crippen molar-refractivity contribution in [3.63, 3.8) is 0 Å². The van der Waals surface area contributed by atoms with Gasteiger partial charge >= 0.3 is 5.97 Å². The van der Waals surface area contributed by atoms with Crippen molar-refractivity contribution in [2.75, 3.05) is 0 Å². The summed E-state index contributed by atoms with van der Waals surface area (Å²) in [6.07, 6.45) is 0.194. The molecule has 0 heterocycles. The van der Waals surface area contributed by atoms with E-state index in [-0.39, 0.29) is 6.47 Å². The molecule has 0 rings (SSSR count). The van der Waals surface area contributed by atoms with Crippen molar-refractivity contribution in [2.24, 2.45) is 0 Å². The van der Waals surface area contributed by atoms with Gasteiger partial charge in [0, 0.05) is 0 Å². The molecule has 0 N–H and O–H groups in total. The lowest BCUT2D eigenvalue weighted by Gasteiger charge is -2.21. The molecule has 0 aromatic carbocycles. The van der Waals surface area contributed by atoms with Crippen molar-refractivity contribution in [3.05, 3.63) is 12.7 Å². The first-order valence-corrected chi connectivity index (χ1v) is 3.85. The topological polar surface area (TPSA) is 52.6 Å². The Hall–Kier alpha value is -1.32. The second kappa shape index (κ2) is 4.64. The smallest absolute Gasteiger partial charge is 0.352 e. The van der Waals surface area contributed by atoms with E-state index in [1.807, 2.05) is 0 Å². The number of rotatable bonds is 4. The Morgan fingerprint density at radius 2 is 2.00 bits per heavy atom. The summed E-state index contributed by atoms with van der Waals surface area (Å²) in [6, 6.07) is 0. The third-order valence-electron chi connectivity index (χ3n) is 1.06. The second-order valence-electron chi connectivity index (χ2n) is 3.42.